The summed E-state index contributed by atoms with van der Waals surface area (Å²) in [5.74, 6) is 1.25. The van der Waals surface area contributed by atoms with Crippen LogP contribution in [0.4, 0.5) is 0 Å². The normalized spacial score (nSPS) is 36.6. The van der Waals surface area contributed by atoms with Gasteiger partial charge in [-0.05, 0) is 70.8 Å². The number of rotatable bonds is 9. The topological polar surface area (TPSA) is 96.3 Å². The largest absolute Gasteiger partial charge is 0.462 e. The van der Waals surface area contributed by atoms with Gasteiger partial charge in [0.15, 0.2) is 0 Å². The van der Waals surface area contributed by atoms with E-state index in [4.69, 9.17) is 9.47 Å². The smallest absolute Gasteiger partial charge is 0.311 e. The molecule has 3 aliphatic rings. The van der Waals surface area contributed by atoms with Gasteiger partial charge in [-0.2, -0.15) is 0 Å². The van der Waals surface area contributed by atoms with Gasteiger partial charge in [-0.15, -0.1) is 0 Å². The van der Waals surface area contributed by atoms with Crippen LogP contribution in [0.1, 0.15) is 85.5 Å². The molecule has 0 radical (unpaired) electrons. The molecule has 0 amide bonds. The number of hydrogen-bond donors (Lipinski definition) is 2. The van der Waals surface area contributed by atoms with Crippen molar-refractivity contribution in [3.05, 3.63) is 0 Å². The Hall–Kier alpha value is -1.18. The van der Waals surface area contributed by atoms with Crippen LogP contribution in [-0.2, 0) is 19.1 Å². The number of hydrogen-bond acceptors (Lipinski definition) is 7. The molecule has 0 aromatic carbocycles. The lowest BCUT2D eigenvalue weighted by Crippen LogP contribution is -2.53. The minimum atomic E-state index is -0.606. The number of cyclic esters (lactones) is 1. The lowest BCUT2D eigenvalue weighted by atomic mass is 9.58. The molecule has 1 aliphatic heterocycles. The van der Waals surface area contributed by atoms with Gasteiger partial charge in [0.25, 0.3) is 0 Å². The maximum absolute atomic E-state index is 13.1. The number of aliphatic hydroxyl groups is 2. The Balaban J connectivity index is 1.78. The van der Waals surface area contributed by atoms with Crippen molar-refractivity contribution >= 4 is 11.9 Å². The molecule has 1 saturated heterocycles. The van der Waals surface area contributed by atoms with Gasteiger partial charge in [0.1, 0.15) is 12.2 Å². The Morgan fingerprint density at radius 2 is 1.94 bits per heavy atom. The van der Waals surface area contributed by atoms with E-state index in [1.54, 1.807) is 0 Å². The van der Waals surface area contributed by atoms with Gasteiger partial charge >= 0.3 is 11.9 Å². The second-order valence-electron chi connectivity index (χ2n) is 11.8. The molecule has 0 aromatic rings. The fourth-order valence-corrected chi connectivity index (χ4v) is 6.50. The maximum Gasteiger partial charge on any atom is 0.311 e. The molecule has 7 nitrogen and oxygen atoms in total. The third-order valence-electron chi connectivity index (χ3n) is 9.10. The quantitative estimate of drug-likeness (QED) is 0.486. The zero-order chi connectivity index (χ0) is 25.0. The Labute approximate surface area is 205 Å². The second-order valence-corrected chi connectivity index (χ2v) is 11.8. The molecule has 2 saturated carbocycles. The predicted octanol–water partition coefficient (Wildman–Crippen LogP) is 3.55. The van der Waals surface area contributed by atoms with Gasteiger partial charge in [0.2, 0.25) is 0 Å². The Kier molecular flexibility index (Phi) is 9.43. The van der Waals surface area contributed by atoms with Crippen LogP contribution in [0.2, 0.25) is 0 Å². The summed E-state index contributed by atoms with van der Waals surface area (Å²) in [6, 6.07) is 0.291. The van der Waals surface area contributed by atoms with Crippen LogP contribution in [0.15, 0.2) is 0 Å². The van der Waals surface area contributed by atoms with Gasteiger partial charge in [-0.1, -0.05) is 20.3 Å². The van der Waals surface area contributed by atoms with Crippen LogP contribution < -0.4 is 0 Å². The Bertz CT molecular complexity index is 697. The molecule has 0 spiro atoms. The van der Waals surface area contributed by atoms with Crippen LogP contribution in [0, 0.1) is 29.1 Å². The molecule has 1 heterocycles. The first-order valence-corrected chi connectivity index (χ1v) is 13.4. The molecule has 0 bridgehead atoms. The van der Waals surface area contributed by atoms with E-state index < -0.39 is 11.5 Å². The summed E-state index contributed by atoms with van der Waals surface area (Å²) in [5, 5.41) is 19.5. The molecule has 8 atom stereocenters. The van der Waals surface area contributed by atoms with Gasteiger partial charge in [0.05, 0.1) is 24.5 Å². The molecule has 7 heteroatoms. The number of esters is 2. The molecule has 3 rings (SSSR count). The van der Waals surface area contributed by atoms with Gasteiger partial charge < -0.3 is 24.6 Å². The first-order chi connectivity index (χ1) is 16.1. The van der Waals surface area contributed by atoms with Crippen LogP contribution >= 0.6 is 0 Å². The average Bonchev–Trinajstić information content (AvgIpc) is 2.77. The van der Waals surface area contributed by atoms with Crippen molar-refractivity contribution in [3.8, 4) is 0 Å². The number of aliphatic hydroxyl groups excluding tert-OH is 2. The number of ether oxygens (including phenoxy) is 2. The zero-order valence-electron chi connectivity index (χ0n) is 21.9. The van der Waals surface area contributed by atoms with Crippen molar-refractivity contribution < 1.29 is 29.3 Å². The van der Waals surface area contributed by atoms with Crippen LogP contribution in [0.3, 0.4) is 0 Å². The molecule has 3 fully saturated rings. The summed E-state index contributed by atoms with van der Waals surface area (Å²) in [6.07, 6.45) is 6.16. The molecular formula is C27H47NO6. The molecular weight excluding hydrogens is 434 g/mol. The van der Waals surface area contributed by atoms with E-state index in [0.29, 0.717) is 42.7 Å². The fraction of sp³-hybridized carbons (Fsp3) is 0.926. The highest BCUT2D eigenvalue weighted by molar-refractivity contribution is 5.76. The van der Waals surface area contributed by atoms with Crippen molar-refractivity contribution in [1.29, 1.82) is 0 Å². The lowest BCUT2D eigenvalue weighted by Gasteiger charge is -2.52. The van der Waals surface area contributed by atoms with Gasteiger partial charge in [0, 0.05) is 31.3 Å². The predicted molar refractivity (Wildman–Crippen MR) is 130 cm³/mol. The summed E-state index contributed by atoms with van der Waals surface area (Å²) in [7, 11) is 2.06. The molecule has 2 aliphatic carbocycles. The summed E-state index contributed by atoms with van der Waals surface area (Å²) in [4.78, 5) is 27.2. The summed E-state index contributed by atoms with van der Waals surface area (Å²) >= 11 is 0. The highest BCUT2D eigenvalue weighted by Gasteiger charge is 2.49. The first kappa shape index (κ1) is 27.4. The highest BCUT2D eigenvalue weighted by Crippen LogP contribution is 2.50. The fourth-order valence-electron chi connectivity index (χ4n) is 6.50. The number of nitrogens with zero attached hydrogens (tertiary/aromatic N) is 1. The number of carbonyl (C=O) groups is 2. The number of carbonyl (C=O) groups excluding carboxylic acids is 2. The highest BCUT2D eigenvalue weighted by atomic mass is 16.6. The van der Waals surface area contributed by atoms with Crippen molar-refractivity contribution in [2.45, 2.75) is 110 Å². The van der Waals surface area contributed by atoms with E-state index in [1.807, 2.05) is 20.8 Å². The first-order valence-electron chi connectivity index (χ1n) is 13.4. The van der Waals surface area contributed by atoms with Crippen LogP contribution in [-0.4, -0.2) is 71.6 Å². The van der Waals surface area contributed by atoms with Crippen molar-refractivity contribution in [3.63, 3.8) is 0 Å². The number of fused-ring (bicyclic) bond motifs is 1. The second kappa shape index (κ2) is 11.7. The Morgan fingerprint density at radius 3 is 2.59 bits per heavy atom. The third kappa shape index (κ3) is 6.52. The van der Waals surface area contributed by atoms with Crippen molar-refractivity contribution in [2.75, 3.05) is 20.2 Å². The van der Waals surface area contributed by atoms with Crippen molar-refractivity contribution in [2.24, 2.45) is 29.1 Å². The minimum absolute atomic E-state index is 0.0923. The SMILES string of the molecule is CCC(C)(C)C(=O)O[C@H]1C[C@@H](N(C)CCO)C[C@@H]2CC[C@H](C)[C@H](CC[C@H]3C[C@@H](O)CC(=O)O3)C21. The summed E-state index contributed by atoms with van der Waals surface area (Å²) in [5.41, 5.74) is -0.512. The lowest BCUT2D eigenvalue weighted by molar-refractivity contribution is -0.175. The average molecular weight is 482 g/mol. The monoisotopic (exact) mass is 481 g/mol. The van der Waals surface area contributed by atoms with Crippen LogP contribution in [0.25, 0.3) is 0 Å². The van der Waals surface area contributed by atoms with E-state index in [0.717, 1.165) is 44.9 Å². The summed E-state index contributed by atoms with van der Waals surface area (Å²) in [6.45, 7) is 8.98. The van der Waals surface area contributed by atoms with Gasteiger partial charge in [-0.25, -0.2) is 0 Å². The van der Waals surface area contributed by atoms with Crippen LogP contribution in [0.5, 0.6) is 0 Å². The molecule has 196 valence electrons. The minimum Gasteiger partial charge on any atom is -0.462 e. The van der Waals surface area contributed by atoms with E-state index >= 15 is 0 Å². The van der Waals surface area contributed by atoms with Gasteiger partial charge in [-0.3, -0.25) is 9.59 Å². The molecule has 2 N–H and O–H groups in total. The van der Waals surface area contributed by atoms with E-state index in [2.05, 4.69) is 18.9 Å². The molecule has 1 unspecified atom stereocenters. The molecule has 0 aromatic heterocycles. The van der Waals surface area contributed by atoms with Crippen molar-refractivity contribution in [1.82, 2.24) is 4.90 Å². The number of likely N-dealkylation sites (N-methyl/N-ethyl adjacent to an activating group) is 1. The standard InChI is InChI=1S/C27H47NO6/c1-6-27(3,4)26(32)34-23-14-19(28(5)11-12-29)13-18-8-7-17(2)22(25(18)23)10-9-21-15-20(30)16-24(31)33-21/h17-23,25,29-30H,6-16H2,1-5H3/t17-,18-,19-,20+,21-,22-,23-,25?/m0/s1. The van der Waals surface area contributed by atoms with E-state index in [1.165, 1.54) is 0 Å². The van der Waals surface area contributed by atoms with E-state index in [9.17, 15) is 19.8 Å². The third-order valence-corrected chi connectivity index (χ3v) is 9.10. The van der Waals surface area contributed by atoms with E-state index in [-0.39, 0.29) is 37.2 Å². The Morgan fingerprint density at radius 1 is 1.21 bits per heavy atom. The molecule has 34 heavy (non-hydrogen) atoms. The zero-order valence-corrected chi connectivity index (χ0v) is 21.9. The summed E-state index contributed by atoms with van der Waals surface area (Å²) < 4.78 is 11.9. The maximum atomic E-state index is 13.1.